The second-order valence-electron chi connectivity index (χ2n) is 5.10. The van der Waals surface area contributed by atoms with Gasteiger partial charge < -0.3 is 16.0 Å². The molecule has 4 N–H and O–H groups in total. The maximum Gasteiger partial charge on any atom is 0.150 e. The van der Waals surface area contributed by atoms with Crippen LogP contribution >= 0.6 is 0 Å². The molecule has 4 heteroatoms. The van der Waals surface area contributed by atoms with Crippen LogP contribution in [0.4, 0.5) is 11.4 Å². The van der Waals surface area contributed by atoms with E-state index in [4.69, 9.17) is 5.73 Å². The summed E-state index contributed by atoms with van der Waals surface area (Å²) < 4.78 is 0. The molecule has 0 aliphatic heterocycles. The molecule has 0 saturated carbocycles. The normalized spacial score (nSPS) is 11.6. The third kappa shape index (κ3) is 2.59. The van der Waals surface area contributed by atoms with Crippen molar-refractivity contribution in [1.29, 1.82) is 0 Å². The largest absolute Gasteiger partial charge is 0.399 e. The van der Waals surface area contributed by atoms with Gasteiger partial charge in [0.15, 0.2) is 6.29 Å². The summed E-state index contributed by atoms with van der Waals surface area (Å²) in [5.41, 5.74) is 10.8. The third-order valence-corrected chi connectivity index (χ3v) is 3.65. The molecular weight excluding hydrogens is 274 g/mol. The standard InChI is InChI=1S/C18H17N3O/c1-20-18-5-3-15(19)10-16(18)14(11-22)9-12-2-4-17-13(8-12)6-7-21-17/h2-11,20-21H,19H2,1H3/b14-9+. The van der Waals surface area contributed by atoms with E-state index in [-0.39, 0.29) is 0 Å². The summed E-state index contributed by atoms with van der Waals surface area (Å²) in [6.45, 7) is 0. The smallest absolute Gasteiger partial charge is 0.150 e. The number of nitrogen functional groups attached to an aromatic ring is 1. The Balaban J connectivity index is 2.10. The Morgan fingerprint density at radius 3 is 2.82 bits per heavy atom. The Kier molecular flexibility index (Phi) is 3.66. The molecular formula is C18H17N3O. The molecule has 0 fully saturated rings. The van der Waals surface area contributed by atoms with Crippen LogP contribution in [0, 0.1) is 0 Å². The highest BCUT2D eigenvalue weighted by atomic mass is 16.1. The van der Waals surface area contributed by atoms with Gasteiger partial charge in [-0.2, -0.15) is 0 Å². The van der Waals surface area contributed by atoms with Gasteiger partial charge in [-0.05, 0) is 53.4 Å². The van der Waals surface area contributed by atoms with Crippen LogP contribution in [0.2, 0.25) is 0 Å². The van der Waals surface area contributed by atoms with Crippen LogP contribution in [0.3, 0.4) is 0 Å². The van der Waals surface area contributed by atoms with Crippen LogP contribution in [0.5, 0.6) is 0 Å². The molecule has 0 aliphatic carbocycles. The Morgan fingerprint density at radius 1 is 1.18 bits per heavy atom. The van der Waals surface area contributed by atoms with E-state index < -0.39 is 0 Å². The van der Waals surface area contributed by atoms with Crippen LogP contribution in [-0.2, 0) is 4.79 Å². The zero-order valence-corrected chi connectivity index (χ0v) is 12.3. The van der Waals surface area contributed by atoms with Gasteiger partial charge >= 0.3 is 0 Å². The van der Waals surface area contributed by atoms with Gasteiger partial charge in [-0.25, -0.2) is 0 Å². The number of nitrogens with two attached hydrogens (primary N) is 1. The SMILES string of the molecule is CNc1ccc(N)cc1/C(C=O)=C/c1ccc2[nH]ccc2c1. The molecule has 4 nitrogen and oxygen atoms in total. The van der Waals surface area contributed by atoms with Gasteiger partial charge in [0.25, 0.3) is 0 Å². The lowest BCUT2D eigenvalue weighted by Gasteiger charge is -2.10. The second kappa shape index (κ2) is 5.77. The van der Waals surface area contributed by atoms with E-state index in [1.54, 1.807) is 6.07 Å². The van der Waals surface area contributed by atoms with E-state index in [2.05, 4.69) is 10.3 Å². The van der Waals surface area contributed by atoms with Crippen molar-refractivity contribution in [3.05, 3.63) is 59.8 Å². The summed E-state index contributed by atoms with van der Waals surface area (Å²) in [4.78, 5) is 14.7. The number of carbonyl (C=O) groups excluding carboxylic acids is 1. The fraction of sp³-hybridized carbons (Fsp3) is 0.0556. The van der Waals surface area contributed by atoms with E-state index in [1.807, 2.05) is 55.7 Å². The van der Waals surface area contributed by atoms with Crippen molar-refractivity contribution < 1.29 is 4.79 Å². The molecule has 0 amide bonds. The van der Waals surface area contributed by atoms with Gasteiger partial charge in [0.2, 0.25) is 0 Å². The third-order valence-electron chi connectivity index (χ3n) is 3.65. The number of rotatable bonds is 4. The first-order valence-corrected chi connectivity index (χ1v) is 7.03. The van der Waals surface area contributed by atoms with Crippen LogP contribution in [-0.4, -0.2) is 18.3 Å². The van der Waals surface area contributed by atoms with E-state index in [1.165, 1.54) is 0 Å². The number of hydrogen-bond acceptors (Lipinski definition) is 3. The minimum Gasteiger partial charge on any atom is -0.399 e. The number of carbonyl (C=O) groups is 1. The maximum atomic E-state index is 11.6. The Morgan fingerprint density at radius 2 is 2.05 bits per heavy atom. The Hall–Kier alpha value is -3.01. The molecule has 3 aromatic rings. The minimum atomic E-state index is 0.589. The summed E-state index contributed by atoms with van der Waals surface area (Å²) in [5.74, 6) is 0. The fourth-order valence-electron chi connectivity index (χ4n) is 2.54. The number of aromatic nitrogens is 1. The monoisotopic (exact) mass is 291 g/mol. The van der Waals surface area contributed by atoms with Gasteiger partial charge in [0.05, 0.1) is 0 Å². The highest BCUT2D eigenvalue weighted by Gasteiger charge is 2.08. The van der Waals surface area contributed by atoms with Crippen molar-refractivity contribution >= 4 is 40.2 Å². The zero-order chi connectivity index (χ0) is 15.5. The maximum absolute atomic E-state index is 11.6. The van der Waals surface area contributed by atoms with Crippen molar-refractivity contribution in [1.82, 2.24) is 4.98 Å². The van der Waals surface area contributed by atoms with Crippen molar-refractivity contribution in [3.8, 4) is 0 Å². The van der Waals surface area contributed by atoms with Gasteiger partial charge in [-0.1, -0.05) is 6.07 Å². The number of allylic oxidation sites excluding steroid dienone is 1. The van der Waals surface area contributed by atoms with Crippen molar-refractivity contribution in [2.24, 2.45) is 0 Å². The molecule has 0 atom stereocenters. The fourth-order valence-corrected chi connectivity index (χ4v) is 2.54. The van der Waals surface area contributed by atoms with Gasteiger partial charge in [0, 0.05) is 41.3 Å². The predicted molar refractivity (Wildman–Crippen MR) is 92.6 cm³/mol. The lowest BCUT2D eigenvalue weighted by molar-refractivity contribution is -0.103. The Labute approximate surface area is 128 Å². The average Bonchev–Trinajstić information content (AvgIpc) is 3.00. The zero-order valence-electron chi connectivity index (χ0n) is 12.3. The topological polar surface area (TPSA) is 70.9 Å². The number of nitrogens with one attached hydrogen (secondary N) is 2. The molecule has 0 spiro atoms. The van der Waals surface area contributed by atoms with Gasteiger partial charge in [-0.15, -0.1) is 0 Å². The quantitative estimate of drug-likeness (QED) is 0.298. The summed E-state index contributed by atoms with van der Waals surface area (Å²) in [7, 11) is 1.82. The number of aromatic amines is 1. The first-order chi connectivity index (χ1) is 10.7. The number of anilines is 2. The highest BCUT2D eigenvalue weighted by Crippen LogP contribution is 2.27. The van der Waals surface area contributed by atoms with Crippen molar-refractivity contribution in [2.75, 3.05) is 18.1 Å². The molecule has 1 heterocycles. The van der Waals surface area contributed by atoms with Crippen LogP contribution in [0.25, 0.3) is 22.6 Å². The molecule has 110 valence electrons. The van der Waals surface area contributed by atoms with Gasteiger partial charge in [0.1, 0.15) is 0 Å². The van der Waals surface area contributed by atoms with Crippen LogP contribution in [0.1, 0.15) is 11.1 Å². The average molecular weight is 291 g/mol. The van der Waals surface area contributed by atoms with E-state index >= 15 is 0 Å². The van der Waals surface area contributed by atoms with E-state index in [9.17, 15) is 4.79 Å². The number of benzene rings is 2. The second-order valence-corrected chi connectivity index (χ2v) is 5.10. The minimum absolute atomic E-state index is 0.589. The van der Waals surface area contributed by atoms with Gasteiger partial charge in [-0.3, -0.25) is 4.79 Å². The van der Waals surface area contributed by atoms with Crippen LogP contribution in [0.15, 0.2) is 48.7 Å². The summed E-state index contributed by atoms with van der Waals surface area (Å²) >= 11 is 0. The Bertz CT molecular complexity index is 862. The molecule has 0 aliphatic rings. The molecule has 2 aromatic carbocycles. The van der Waals surface area contributed by atoms with Crippen molar-refractivity contribution in [2.45, 2.75) is 0 Å². The lowest BCUT2D eigenvalue weighted by Crippen LogP contribution is -1.98. The summed E-state index contributed by atoms with van der Waals surface area (Å²) in [5, 5.41) is 4.20. The molecule has 0 saturated heterocycles. The first-order valence-electron chi connectivity index (χ1n) is 7.03. The molecule has 0 radical (unpaired) electrons. The summed E-state index contributed by atoms with van der Waals surface area (Å²) in [6.07, 6.45) is 4.63. The highest BCUT2D eigenvalue weighted by molar-refractivity contribution is 6.15. The molecule has 1 aromatic heterocycles. The van der Waals surface area contributed by atoms with Crippen molar-refractivity contribution in [3.63, 3.8) is 0 Å². The molecule has 0 unspecified atom stereocenters. The first kappa shape index (κ1) is 13.9. The number of hydrogen-bond donors (Lipinski definition) is 3. The molecule has 3 rings (SSSR count). The number of fused-ring (bicyclic) bond motifs is 1. The van der Waals surface area contributed by atoms with E-state index in [0.29, 0.717) is 11.3 Å². The number of aldehydes is 1. The molecule has 22 heavy (non-hydrogen) atoms. The summed E-state index contributed by atoms with van der Waals surface area (Å²) in [6, 6.07) is 13.5. The van der Waals surface area contributed by atoms with Crippen LogP contribution < -0.4 is 11.1 Å². The van der Waals surface area contributed by atoms with E-state index in [0.717, 1.165) is 34.0 Å². The predicted octanol–water partition coefficient (Wildman–Crippen LogP) is 3.53. The number of H-pyrrole nitrogens is 1. The molecule has 0 bridgehead atoms. The lowest BCUT2D eigenvalue weighted by atomic mass is 10.0.